The van der Waals surface area contributed by atoms with E-state index in [4.69, 9.17) is 0 Å². The van der Waals surface area contributed by atoms with E-state index in [0.717, 1.165) is 29.5 Å². The van der Waals surface area contributed by atoms with E-state index >= 15 is 0 Å². The van der Waals surface area contributed by atoms with Crippen molar-refractivity contribution in [2.24, 2.45) is 28.7 Å². The third-order valence-corrected chi connectivity index (χ3v) is 6.90. The molecule has 7 nitrogen and oxygen atoms in total. The van der Waals surface area contributed by atoms with Gasteiger partial charge in [-0.1, -0.05) is 12.2 Å². The summed E-state index contributed by atoms with van der Waals surface area (Å²) in [5, 5.41) is 6.53. The van der Waals surface area contributed by atoms with Gasteiger partial charge in [0.15, 0.2) is 5.96 Å². The molecule has 2 amide bonds. The van der Waals surface area contributed by atoms with Gasteiger partial charge in [-0.3, -0.25) is 14.5 Å². The van der Waals surface area contributed by atoms with Crippen LogP contribution in [0.25, 0.3) is 0 Å². The second-order valence-electron chi connectivity index (χ2n) is 7.66. The van der Waals surface area contributed by atoms with Gasteiger partial charge in [-0.2, -0.15) is 0 Å². The average molecular weight is 529 g/mol. The summed E-state index contributed by atoms with van der Waals surface area (Å²) in [6, 6.07) is 0. The van der Waals surface area contributed by atoms with Crippen LogP contribution in [0.1, 0.15) is 30.3 Å². The van der Waals surface area contributed by atoms with Crippen LogP contribution in [0.4, 0.5) is 0 Å². The number of aliphatic imine (C=N–C) groups is 1. The molecule has 4 rings (SSSR count). The van der Waals surface area contributed by atoms with Crippen molar-refractivity contribution in [3.05, 3.63) is 28.2 Å². The van der Waals surface area contributed by atoms with Gasteiger partial charge in [-0.15, -0.1) is 35.3 Å². The zero-order chi connectivity index (χ0) is 19.7. The molecule has 29 heavy (non-hydrogen) atoms. The summed E-state index contributed by atoms with van der Waals surface area (Å²) in [7, 11) is 0. The van der Waals surface area contributed by atoms with Gasteiger partial charge in [0.2, 0.25) is 11.8 Å². The zero-order valence-corrected chi connectivity index (χ0v) is 19.9. The first-order valence-corrected chi connectivity index (χ1v) is 10.9. The number of imide groups is 1. The van der Waals surface area contributed by atoms with Crippen molar-refractivity contribution >= 4 is 53.1 Å². The average Bonchev–Trinajstić information content (AvgIpc) is 3.44. The molecule has 0 aromatic carbocycles. The maximum atomic E-state index is 12.7. The van der Waals surface area contributed by atoms with E-state index < -0.39 is 0 Å². The standard InChI is InChI=1S/C20H27N5O2S.HI/c1-3-21-20(23-10-15-12(2)24-11-28-15)22-7-4-8-25-18(26)16-13-5-6-14(9-13)17(16)19(25)27;/h5-6,11,13-14,16-17H,3-4,7-10H2,1-2H3,(H2,21,22,23);1H. The number of fused-ring (bicyclic) bond motifs is 5. The SMILES string of the molecule is CCNC(=NCc1scnc1C)NCCCN1C(=O)C2C3C=CC(C3)C2C1=O.I. The minimum Gasteiger partial charge on any atom is -0.357 e. The number of likely N-dealkylation sites (tertiary alicyclic amines) is 1. The number of allylic oxidation sites excluding steroid dienone is 2. The Morgan fingerprint density at radius 2 is 1.93 bits per heavy atom. The first-order chi connectivity index (χ1) is 13.6. The number of amides is 2. The fourth-order valence-electron chi connectivity index (χ4n) is 4.60. The maximum absolute atomic E-state index is 12.7. The molecule has 3 aliphatic rings. The molecule has 1 aliphatic heterocycles. The molecule has 2 heterocycles. The van der Waals surface area contributed by atoms with Gasteiger partial charge >= 0.3 is 0 Å². The lowest BCUT2D eigenvalue weighted by atomic mass is 9.85. The molecule has 2 bridgehead atoms. The molecule has 4 atom stereocenters. The van der Waals surface area contributed by atoms with Gasteiger partial charge in [-0.25, -0.2) is 9.98 Å². The Hall–Kier alpha value is -1.49. The van der Waals surface area contributed by atoms with E-state index in [-0.39, 0.29) is 59.5 Å². The van der Waals surface area contributed by atoms with Crippen molar-refractivity contribution in [1.29, 1.82) is 0 Å². The fraction of sp³-hybridized carbons (Fsp3) is 0.600. The largest absolute Gasteiger partial charge is 0.357 e. The molecule has 9 heteroatoms. The van der Waals surface area contributed by atoms with Crippen molar-refractivity contribution < 1.29 is 9.59 Å². The highest BCUT2D eigenvalue weighted by Gasteiger charge is 2.58. The van der Waals surface area contributed by atoms with Gasteiger partial charge in [0.25, 0.3) is 0 Å². The van der Waals surface area contributed by atoms with Crippen LogP contribution in [0, 0.1) is 30.6 Å². The molecule has 1 aromatic rings. The molecule has 2 aliphatic carbocycles. The molecule has 0 radical (unpaired) electrons. The maximum Gasteiger partial charge on any atom is 0.233 e. The van der Waals surface area contributed by atoms with E-state index in [1.165, 1.54) is 4.90 Å². The molecule has 1 saturated heterocycles. The highest BCUT2D eigenvalue weighted by molar-refractivity contribution is 14.0. The summed E-state index contributed by atoms with van der Waals surface area (Å²) in [6.07, 6.45) is 5.95. The fourth-order valence-corrected chi connectivity index (χ4v) is 5.30. The van der Waals surface area contributed by atoms with Gasteiger partial charge in [0.1, 0.15) is 0 Å². The summed E-state index contributed by atoms with van der Waals surface area (Å²) in [4.78, 5) is 36.9. The number of aryl methyl sites for hydroxylation is 1. The normalized spacial score (nSPS) is 27.4. The number of rotatable bonds is 7. The number of nitrogens with one attached hydrogen (secondary N) is 2. The molecule has 0 spiro atoms. The number of nitrogens with zero attached hydrogens (tertiary/aromatic N) is 3. The lowest BCUT2D eigenvalue weighted by Crippen LogP contribution is -2.40. The van der Waals surface area contributed by atoms with Crippen LogP contribution in [-0.4, -0.2) is 47.3 Å². The number of carbonyl (C=O) groups excluding carboxylic acids is 2. The van der Waals surface area contributed by atoms with E-state index in [9.17, 15) is 9.59 Å². The predicted octanol–water partition coefficient (Wildman–Crippen LogP) is 2.32. The summed E-state index contributed by atoms with van der Waals surface area (Å²) in [5.74, 6) is 1.16. The molecule has 2 N–H and O–H groups in total. The predicted molar refractivity (Wildman–Crippen MR) is 124 cm³/mol. The minimum absolute atomic E-state index is 0. The highest BCUT2D eigenvalue weighted by atomic mass is 127. The summed E-state index contributed by atoms with van der Waals surface area (Å²) in [5.41, 5.74) is 2.85. The van der Waals surface area contributed by atoms with Crippen LogP contribution in [0.15, 0.2) is 22.7 Å². The number of guanidine groups is 1. The smallest absolute Gasteiger partial charge is 0.233 e. The topological polar surface area (TPSA) is 86.7 Å². The van der Waals surface area contributed by atoms with Gasteiger partial charge in [0.05, 0.1) is 29.6 Å². The number of thiazole rings is 1. The Morgan fingerprint density at radius 1 is 1.24 bits per heavy atom. The lowest BCUT2D eigenvalue weighted by molar-refractivity contribution is -0.140. The van der Waals surface area contributed by atoms with E-state index in [2.05, 4.69) is 32.8 Å². The van der Waals surface area contributed by atoms with Crippen LogP contribution in [0.2, 0.25) is 0 Å². The first kappa shape index (κ1) is 22.2. The quantitative estimate of drug-likeness (QED) is 0.142. The number of carbonyl (C=O) groups is 2. The molecule has 1 saturated carbocycles. The number of aromatic nitrogens is 1. The van der Waals surface area contributed by atoms with Crippen LogP contribution in [0.5, 0.6) is 0 Å². The highest BCUT2D eigenvalue weighted by Crippen LogP contribution is 2.52. The van der Waals surface area contributed by atoms with Gasteiger partial charge in [-0.05, 0) is 38.5 Å². The van der Waals surface area contributed by atoms with Crippen LogP contribution in [-0.2, 0) is 16.1 Å². The number of halogens is 1. The molecule has 2 fully saturated rings. The molecule has 4 unspecified atom stereocenters. The van der Waals surface area contributed by atoms with Crippen LogP contribution in [0.3, 0.4) is 0 Å². The second-order valence-corrected chi connectivity index (χ2v) is 8.60. The lowest BCUT2D eigenvalue weighted by Gasteiger charge is -2.18. The molecular weight excluding hydrogens is 501 g/mol. The first-order valence-electron chi connectivity index (χ1n) is 10.0. The number of hydrogen-bond donors (Lipinski definition) is 2. The Labute approximate surface area is 192 Å². The van der Waals surface area contributed by atoms with E-state index in [0.29, 0.717) is 26.1 Å². The monoisotopic (exact) mass is 529 g/mol. The summed E-state index contributed by atoms with van der Waals surface area (Å²) >= 11 is 1.61. The van der Waals surface area contributed by atoms with Crippen molar-refractivity contribution in [2.75, 3.05) is 19.6 Å². The molecule has 158 valence electrons. The van der Waals surface area contributed by atoms with Crippen molar-refractivity contribution in [2.45, 2.75) is 33.2 Å². The zero-order valence-electron chi connectivity index (χ0n) is 16.8. The Morgan fingerprint density at radius 3 is 2.52 bits per heavy atom. The molecular formula is C20H28IN5O2S. The van der Waals surface area contributed by atoms with Crippen molar-refractivity contribution in [3.8, 4) is 0 Å². The second kappa shape index (κ2) is 9.55. The summed E-state index contributed by atoms with van der Waals surface area (Å²) < 4.78 is 0. The number of hydrogen-bond acceptors (Lipinski definition) is 5. The third kappa shape index (κ3) is 4.35. The van der Waals surface area contributed by atoms with Crippen LogP contribution < -0.4 is 10.6 Å². The Kier molecular flexibility index (Phi) is 7.31. The Bertz CT molecular complexity index is 794. The molecule has 1 aromatic heterocycles. The third-order valence-electron chi connectivity index (χ3n) is 5.98. The summed E-state index contributed by atoms with van der Waals surface area (Å²) in [6.45, 7) is 6.51. The van der Waals surface area contributed by atoms with E-state index in [1.807, 2.05) is 19.4 Å². The minimum atomic E-state index is -0.100. The Balaban J connectivity index is 0.00000240. The van der Waals surface area contributed by atoms with E-state index in [1.54, 1.807) is 11.3 Å². The van der Waals surface area contributed by atoms with Crippen molar-refractivity contribution in [1.82, 2.24) is 20.5 Å². The van der Waals surface area contributed by atoms with Gasteiger partial charge < -0.3 is 10.6 Å². The van der Waals surface area contributed by atoms with Crippen LogP contribution >= 0.6 is 35.3 Å². The van der Waals surface area contributed by atoms with Gasteiger partial charge in [0, 0.05) is 24.5 Å². The van der Waals surface area contributed by atoms with Crippen molar-refractivity contribution in [3.63, 3.8) is 0 Å².